The zero-order valence-corrected chi connectivity index (χ0v) is 12.4. The molecule has 2 rings (SSSR count). The topological polar surface area (TPSA) is 12.0 Å². The van der Waals surface area contributed by atoms with Crippen molar-refractivity contribution in [1.29, 1.82) is 0 Å². The Morgan fingerprint density at radius 1 is 0.944 bits per heavy atom. The van der Waals surface area contributed by atoms with E-state index in [1.165, 1.54) is 24.3 Å². The summed E-state index contributed by atoms with van der Waals surface area (Å²) < 4.78 is 27.7. The second kappa shape index (κ2) is 5.80. The molecule has 0 saturated heterocycles. The predicted octanol–water partition coefficient (Wildman–Crippen LogP) is 5.10. The number of benzene rings is 2. The second-order valence-corrected chi connectivity index (χ2v) is 5.53. The summed E-state index contributed by atoms with van der Waals surface area (Å²) in [6.07, 6.45) is 0. The first kappa shape index (κ1) is 13.5. The Morgan fingerprint density at radius 3 is 2.44 bits per heavy atom. The van der Waals surface area contributed by atoms with Crippen molar-refractivity contribution in [1.82, 2.24) is 0 Å². The van der Waals surface area contributed by atoms with Gasteiger partial charge in [0.05, 0.1) is 5.69 Å². The summed E-state index contributed by atoms with van der Waals surface area (Å²) in [7, 11) is 0. The molecule has 0 bridgehead atoms. The van der Waals surface area contributed by atoms with Gasteiger partial charge in [0.15, 0.2) is 0 Å². The van der Waals surface area contributed by atoms with Gasteiger partial charge in [-0.25, -0.2) is 8.78 Å². The lowest BCUT2D eigenvalue weighted by atomic mass is 10.2. The van der Waals surface area contributed by atoms with Crippen molar-refractivity contribution >= 4 is 37.5 Å². The van der Waals surface area contributed by atoms with Crippen LogP contribution in [0.25, 0.3) is 0 Å². The number of anilines is 1. The number of nitrogens with one attached hydrogen (secondary N) is 1. The molecule has 94 valence electrons. The van der Waals surface area contributed by atoms with Gasteiger partial charge in [0, 0.05) is 15.5 Å². The molecule has 0 fully saturated rings. The van der Waals surface area contributed by atoms with Crippen LogP contribution in [-0.2, 0) is 6.54 Å². The first-order valence-corrected chi connectivity index (χ1v) is 6.77. The average molecular weight is 377 g/mol. The average Bonchev–Trinajstić information content (AvgIpc) is 2.29. The number of hydrogen-bond donors (Lipinski definition) is 1. The largest absolute Gasteiger partial charge is 0.380 e. The minimum Gasteiger partial charge on any atom is -0.380 e. The summed E-state index contributed by atoms with van der Waals surface area (Å²) in [5, 5.41) is 3.05. The van der Waals surface area contributed by atoms with Crippen LogP contribution in [0.2, 0.25) is 0 Å². The highest BCUT2D eigenvalue weighted by Gasteiger charge is 2.03. The van der Waals surface area contributed by atoms with E-state index < -0.39 is 0 Å². The molecule has 0 aliphatic heterocycles. The second-order valence-electron chi connectivity index (χ2n) is 3.76. The summed E-state index contributed by atoms with van der Waals surface area (Å²) in [5.41, 5.74) is 1.41. The molecule has 1 nitrogen and oxygen atoms in total. The third-order valence-electron chi connectivity index (χ3n) is 2.33. The number of hydrogen-bond acceptors (Lipinski definition) is 1. The maximum atomic E-state index is 13.2. The monoisotopic (exact) mass is 375 g/mol. The normalized spacial score (nSPS) is 10.4. The fourth-order valence-corrected chi connectivity index (χ4v) is 2.44. The Kier molecular flexibility index (Phi) is 4.35. The van der Waals surface area contributed by atoms with Crippen LogP contribution in [0.5, 0.6) is 0 Å². The van der Waals surface area contributed by atoms with Crippen LogP contribution in [-0.4, -0.2) is 0 Å². The quantitative estimate of drug-likeness (QED) is 0.785. The molecule has 0 spiro atoms. The zero-order chi connectivity index (χ0) is 13.1. The Balaban J connectivity index is 2.13. The fourth-order valence-electron chi connectivity index (χ4n) is 1.54. The molecule has 0 unspecified atom stereocenters. The summed E-state index contributed by atoms with van der Waals surface area (Å²) in [6.45, 7) is 0.415. The van der Waals surface area contributed by atoms with E-state index in [0.29, 0.717) is 16.7 Å². The molecule has 0 aromatic heterocycles. The van der Waals surface area contributed by atoms with Gasteiger partial charge in [-0.05, 0) is 57.9 Å². The maximum Gasteiger partial charge on any atom is 0.125 e. The Hall–Kier alpha value is -0.940. The highest BCUT2D eigenvalue weighted by atomic mass is 79.9. The predicted molar refractivity (Wildman–Crippen MR) is 75.5 cm³/mol. The van der Waals surface area contributed by atoms with E-state index in [9.17, 15) is 8.78 Å². The number of rotatable bonds is 3. The molecule has 5 heteroatoms. The molecular weight excluding hydrogens is 368 g/mol. The van der Waals surface area contributed by atoms with Crippen molar-refractivity contribution < 1.29 is 8.78 Å². The van der Waals surface area contributed by atoms with Crippen LogP contribution >= 0.6 is 31.9 Å². The van der Waals surface area contributed by atoms with Crippen LogP contribution < -0.4 is 5.32 Å². The molecule has 0 aliphatic carbocycles. The van der Waals surface area contributed by atoms with E-state index in [1.807, 2.05) is 6.07 Å². The van der Waals surface area contributed by atoms with Crippen molar-refractivity contribution in [3.8, 4) is 0 Å². The molecule has 18 heavy (non-hydrogen) atoms. The fraction of sp³-hybridized carbons (Fsp3) is 0.0769. The van der Waals surface area contributed by atoms with Gasteiger partial charge in [0.2, 0.25) is 0 Å². The molecule has 2 aromatic rings. The molecule has 0 atom stereocenters. The summed E-state index contributed by atoms with van der Waals surface area (Å²) in [6, 6.07) is 9.02. The molecule has 1 N–H and O–H groups in total. The lowest BCUT2D eigenvalue weighted by Crippen LogP contribution is -2.01. The van der Waals surface area contributed by atoms with Gasteiger partial charge >= 0.3 is 0 Å². The van der Waals surface area contributed by atoms with E-state index in [2.05, 4.69) is 37.2 Å². The van der Waals surface area contributed by atoms with Gasteiger partial charge in [-0.1, -0.05) is 15.9 Å². The van der Waals surface area contributed by atoms with Crippen LogP contribution in [0.1, 0.15) is 5.56 Å². The third-order valence-corrected chi connectivity index (χ3v) is 3.48. The SMILES string of the molecule is Fc1cc(Br)cc(CNc2cc(F)ccc2Br)c1. The van der Waals surface area contributed by atoms with Gasteiger partial charge in [0.25, 0.3) is 0 Å². The van der Waals surface area contributed by atoms with Crippen LogP contribution in [0.3, 0.4) is 0 Å². The molecule has 0 radical (unpaired) electrons. The van der Waals surface area contributed by atoms with E-state index in [-0.39, 0.29) is 11.6 Å². The van der Waals surface area contributed by atoms with Crippen molar-refractivity contribution in [2.75, 3.05) is 5.32 Å². The summed E-state index contributed by atoms with van der Waals surface area (Å²) in [5.74, 6) is -0.624. The van der Waals surface area contributed by atoms with E-state index in [0.717, 1.165) is 10.0 Å². The van der Waals surface area contributed by atoms with E-state index >= 15 is 0 Å². The van der Waals surface area contributed by atoms with E-state index in [4.69, 9.17) is 0 Å². The highest BCUT2D eigenvalue weighted by molar-refractivity contribution is 9.10. The van der Waals surface area contributed by atoms with E-state index in [1.54, 1.807) is 6.07 Å². The first-order chi connectivity index (χ1) is 8.54. The zero-order valence-electron chi connectivity index (χ0n) is 9.18. The highest BCUT2D eigenvalue weighted by Crippen LogP contribution is 2.24. The Morgan fingerprint density at radius 2 is 1.72 bits per heavy atom. The summed E-state index contributed by atoms with van der Waals surface area (Å²) >= 11 is 6.55. The molecule has 0 amide bonds. The minimum absolute atomic E-state index is 0.306. The lowest BCUT2D eigenvalue weighted by molar-refractivity contribution is 0.624. The van der Waals surface area contributed by atoms with Gasteiger partial charge < -0.3 is 5.32 Å². The lowest BCUT2D eigenvalue weighted by Gasteiger charge is -2.09. The molecule has 0 aliphatic rings. The smallest absolute Gasteiger partial charge is 0.125 e. The Labute approximate surface area is 120 Å². The standard InChI is InChI=1S/C13H9Br2F2N/c14-9-3-8(4-11(17)5-9)7-18-13-6-10(16)1-2-12(13)15/h1-6,18H,7H2. The van der Waals surface area contributed by atoms with Crippen molar-refractivity contribution in [2.24, 2.45) is 0 Å². The van der Waals surface area contributed by atoms with Crippen LogP contribution in [0.15, 0.2) is 45.3 Å². The Bertz CT molecular complexity index is 553. The van der Waals surface area contributed by atoms with Gasteiger partial charge in [0.1, 0.15) is 11.6 Å². The maximum absolute atomic E-state index is 13.2. The van der Waals surface area contributed by atoms with Gasteiger partial charge in [-0.15, -0.1) is 0 Å². The minimum atomic E-state index is -0.318. The van der Waals surface area contributed by atoms with Gasteiger partial charge in [-0.3, -0.25) is 0 Å². The molecule has 2 aromatic carbocycles. The van der Waals surface area contributed by atoms with Crippen LogP contribution in [0, 0.1) is 11.6 Å². The molecule has 0 heterocycles. The summed E-state index contributed by atoms with van der Waals surface area (Å²) in [4.78, 5) is 0. The number of halogens is 4. The van der Waals surface area contributed by atoms with Crippen molar-refractivity contribution in [3.05, 3.63) is 62.5 Å². The molecule has 0 saturated carbocycles. The van der Waals surface area contributed by atoms with Crippen molar-refractivity contribution in [3.63, 3.8) is 0 Å². The van der Waals surface area contributed by atoms with Gasteiger partial charge in [-0.2, -0.15) is 0 Å². The molecular formula is C13H9Br2F2N. The van der Waals surface area contributed by atoms with Crippen molar-refractivity contribution in [2.45, 2.75) is 6.54 Å². The first-order valence-electron chi connectivity index (χ1n) is 5.18. The third kappa shape index (κ3) is 3.53. The van der Waals surface area contributed by atoms with Crippen LogP contribution in [0.4, 0.5) is 14.5 Å².